The number of hydrogen-bond donors (Lipinski definition) is 1. The molecule has 2 heterocycles. The van der Waals surface area contributed by atoms with E-state index in [0.29, 0.717) is 0 Å². The number of carbonyl (C=O) groups is 1. The van der Waals surface area contributed by atoms with Crippen LogP contribution in [0.3, 0.4) is 0 Å². The van der Waals surface area contributed by atoms with Crippen LogP contribution in [0.5, 0.6) is 0 Å². The number of thioether (sulfide) groups is 1. The Hall–Kier alpha value is -0.640. The minimum Gasteiger partial charge on any atom is -0.356 e. The van der Waals surface area contributed by atoms with Gasteiger partial charge in [0.15, 0.2) is 4.99 Å². The predicted molar refractivity (Wildman–Crippen MR) is 40.0 cm³/mol. The van der Waals surface area contributed by atoms with Gasteiger partial charge in [0.05, 0.1) is 6.54 Å². The zero-order valence-corrected chi connectivity index (χ0v) is 6.44. The summed E-state index contributed by atoms with van der Waals surface area (Å²) in [5, 5.41) is 5.27. The predicted octanol–water partition coefficient (Wildman–Crippen LogP) is 0.310. The largest absolute Gasteiger partial charge is 0.356 e. The highest BCUT2D eigenvalue weighted by molar-refractivity contribution is 8.03. The fraction of sp³-hybridized carbons (Fsp3) is 0.500. The third-order valence-corrected chi connectivity index (χ3v) is 3.02. The molecule has 0 saturated carbocycles. The van der Waals surface area contributed by atoms with E-state index in [2.05, 4.69) is 5.32 Å². The highest BCUT2D eigenvalue weighted by Gasteiger charge is 2.54. The Balaban J connectivity index is 2.06. The Labute approximate surface area is 63.5 Å². The van der Waals surface area contributed by atoms with E-state index in [4.69, 9.17) is 0 Å². The van der Waals surface area contributed by atoms with Crippen molar-refractivity contribution in [2.75, 3.05) is 6.54 Å². The third-order valence-electron chi connectivity index (χ3n) is 1.70. The Morgan fingerprint density at radius 1 is 2.00 bits per heavy atom. The number of allylic oxidation sites excluding steroid dienone is 1. The fourth-order valence-corrected chi connectivity index (χ4v) is 2.13. The lowest BCUT2D eigenvalue weighted by molar-refractivity contribution is -0.114. The standard InChI is InChI=1S/C6H8N2OS/c1-5-2-10-6(7-5)3-8(6)4-9/h2,4,7H,3H2,1H3/t6-,8?/m0/s1. The van der Waals surface area contributed by atoms with E-state index in [1.165, 1.54) is 0 Å². The molecule has 1 fully saturated rings. The number of nitrogens with zero attached hydrogens (tertiary/aromatic N) is 1. The van der Waals surface area contributed by atoms with Crippen molar-refractivity contribution < 1.29 is 4.79 Å². The summed E-state index contributed by atoms with van der Waals surface area (Å²) in [4.78, 5) is 11.9. The van der Waals surface area contributed by atoms with Crippen molar-refractivity contribution in [1.82, 2.24) is 10.2 Å². The molecular weight excluding hydrogens is 148 g/mol. The van der Waals surface area contributed by atoms with Crippen molar-refractivity contribution in [1.29, 1.82) is 0 Å². The number of hydrogen-bond acceptors (Lipinski definition) is 3. The van der Waals surface area contributed by atoms with Crippen molar-refractivity contribution >= 4 is 18.2 Å². The summed E-state index contributed by atoms with van der Waals surface area (Å²) in [5.41, 5.74) is 1.15. The molecule has 0 bridgehead atoms. The molecule has 1 amide bonds. The van der Waals surface area contributed by atoms with Crippen molar-refractivity contribution in [3.05, 3.63) is 11.1 Å². The smallest absolute Gasteiger partial charge is 0.212 e. The second kappa shape index (κ2) is 1.69. The molecule has 0 aliphatic carbocycles. The molecule has 3 nitrogen and oxygen atoms in total. The van der Waals surface area contributed by atoms with E-state index in [9.17, 15) is 4.79 Å². The molecule has 1 saturated heterocycles. The van der Waals surface area contributed by atoms with Crippen LogP contribution in [0.25, 0.3) is 0 Å². The van der Waals surface area contributed by atoms with E-state index < -0.39 is 0 Å². The van der Waals surface area contributed by atoms with Crippen LogP contribution in [0.15, 0.2) is 11.1 Å². The maximum atomic E-state index is 10.3. The highest BCUT2D eigenvalue weighted by Crippen LogP contribution is 2.44. The molecule has 2 aliphatic heterocycles. The van der Waals surface area contributed by atoms with Gasteiger partial charge in [-0.25, -0.2) is 0 Å². The van der Waals surface area contributed by atoms with Gasteiger partial charge in [-0.2, -0.15) is 0 Å². The monoisotopic (exact) mass is 156 g/mol. The van der Waals surface area contributed by atoms with Crippen LogP contribution in [0, 0.1) is 0 Å². The highest BCUT2D eigenvalue weighted by atomic mass is 32.2. The van der Waals surface area contributed by atoms with Crippen LogP contribution < -0.4 is 5.32 Å². The molecule has 0 aromatic rings. The van der Waals surface area contributed by atoms with Crippen molar-refractivity contribution in [3.8, 4) is 0 Å². The van der Waals surface area contributed by atoms with Gasteiger partial charge >= 0.3 is 0 Å². The van der Waals surface area contributed by atoms with Gasteiger partial charge in [-0.3, -0.25) is 4.79 Å². The van der Waals surface area contributed by atoms with E-state index in [1.807, 2.05) is 12.3 Å². The molecule has 10 heavy (non-hydrogen) atoms. The van der Waals surface area contributed by atoms with Crippen molar-refractivity contribution in [2.45, 2.75) is 11.9 Å². The third kappa shape index (κ3) is 0.653. The van der Waals surface area contributed by atoms with E-state index in [-0.39, 0.29) is 4.99 Å². The maximum absolute atomic E-state index is 10.3. The van der Waals surface area contributed by atoms with Crippen molar-refractivity contribution in [3.63, 3.8) is 0 Å². The van der Waals surface area contributed by atoms with Crippen LogP contribution in [-0.4, -0.2) is 22.8 Å². The first-order chi connectivity index (χ1) is 4.77. The minimum atomic E-state index is -0.0775. The summed E-state index contributed by atoms with van der Waals surface area (Å²) in [5.74, 6) is 0. The lowest BCUT2D eigenvalue weighted by atomic mass is 10.5. The molecule has 0 radical (unpaired) electrons. The molecule has 2 rings (SSSR count). The van der Waals surface area contributed by atoms with Gasteiger partial charge in [-0.1, -0.05) is 11.8 Å². The first-order valence-corrected chi connectivity index (χ1v) is 4.00. The second-order valence-corrected chi connectivity index (χ2v) is 3.71. The topological polar surface area (TPSA) is 32.1 Å². The van der Waals surface area contributed by atoms with Gasteiger partial charge in [-0.15, -0.1) is 0 Å². The average Bonchev–Trinajstić information content (AvgIpc) is 2.46. The minimum absolute atomic E-state index is 0.0775. The summed E-state index contributed by atoms with van der Waals surface area (Å²) >= 11 is 1.67. The lowest BCUT2D eigenvalue weighted by Gasteiger charge is -2.07. The zero-order valence-electron chi connectivity index (χ0n) is 5.63. The van der Waals surface area contributed by atoms with Crippen LogP contribution in [0.2, 0.25) is 0 Å². The van der Waals surface area contributed by atoms with Gasteiger partial charge in [0, 0.05) is 5.70 Å². The van der Waals surface area contributed by atoms with E-state index in [0.717, 1.165) is 18.7 Å². The van der Waals surface area contributed by atoms with Gasteiger partial charge in [-0.05, 0) is 12.3 Å². The van der Waals surface area contributed by atoms with E-state index in [1.54, 1.807) is 16.7 Å². The number of carbonyl (C=O) groups excluding carboxylic acids is 1. The Morgan fingerprint density at radius 2 is 2.80 bits per heavy atom. The Kier molecular flexibility index (Phi) is 1.03. The summed E-state index contributed by atoms with van der Waals surface area (Å²) in [6.45, 7) is 2.83. The number of amides is 1. The van der Waals surface area contributed by atoms with Crippen molar-refractivity contribution in [2.24, 2.45) is 0 Å². The summed E-state index contributed by atoms with van der Waals surface area (Å²) in [6.07, 6.45) is 0.881. The maximum Gasteiger partial charge on any atom is 0.212 e. The molecule has 1 N–H and O–H groups in total. The Morgan fingerprint density at radius 3 is 3.20 bits per heavy atom. The Bertz CT molecular complexity index is 216. The quantitative estimate of drug-likeness (QED) is 0.438. The van der Waals surface area contributed by atoms with Gasteiger partial charge in [0.2, 0.25) is 6.41 Å². The first kappa shape index (κ1) is 6.09. The van der Waals surface area contributed by atoms with Crippen LogP contribution in [-0.2, 0) is 4.79 Å². The molecule has 0 aromatic carbocycles. The van der Waals surface area contributed by atoms with Crippen LogP contribution in [0.1, 0.15) is 6.92 Å². The van der Waals surface area contributed by atoms with Crippen LogP contribution >= 0.6 is 11.8 Å². The van der Waals surface area contributed by atoms with Gasteiger partial charge < -0.3 is 10.2 Å². The first-order valence-electron chi connectivity index (χ1n) is 3.12. The summed E-state index contributed by atoms with van der Waals surface area (Å²) in [6, 6.07) is 0. The second-order valence-electron chi connectivity index (χ2n) is 2.56. The normalized spacial score (nSPS) is 35.7. The summed E-state index contributed by atoms with van der Waals surface area (Å²) in [7, 11) is 0. The molecular formula is C6H8N2OS. The molecule has 0 unspecified atom stereocenters. The van der Waals surface area contributed by atoms with E-state index >= 15 is 0 Å². The molecule has 1 spiro atoms. The van der Waals surface area contributed by atoms with Crippen LogP contribution in [0.4, 0.5) is 0 Å². The molecule has 0 aromatic heterocycles. The fourth-order valence-electron chi connectivity index (χ4n) is 1.09. The average molecular weight is 156 g/mol. The van der Waals surface area contributed by atoms with Gasteiger partial charge in [0.1, 0.15) is 0 Å². The molecule has 2 aliphatic rings. The lowest BCUT2D eigenvalue weighted by Crippen LogP contribution is -2.27. The summed E-state index contributed by atoms with van der Waals surface area (Å²) < 4.78 is 0. The SMILES string of the molecule is CC1=CS[C@@]2(CN2C=O)N1. The van der Waals surface area contributed by atoms with Gasteiger partial charge in [0.25, 0.3) is 0 Å². The molecule has 1 atom stereocenters. The molecule has 4 heteroatoms. The zero-order chi connectivity index (χ0) is 7.19. The molecule has 54 valence electrons. The number of nitrogens with one attached hydrogen (secondary N) is 1. The number of rotatable bonds is 1.